The van der Waals surface area contributed by atoms with Crippen molar-refractivity contribution in [3.8, 4) is 0 Å². The summed E-state index contributed by atoms with van der Waals surface area (Å²) < 4.78 is 0. The zero-order chi connectivity index (χ0) is 12.8. The van der Waals surface area contributed by atoms with E-state index in [0.717, 1.165) is 32.4 Å². The second kappa shape index (κ2) is 6.74. The monoisotopic (exact) mass is 240 g/mol. The Morgan fingerprint density at radius 2 is 1.94 bits per heavy atom. The number of nitrogens with zero attached hydrogens (tertiary/aromatic N) is 1. The first-order valence-electron chi connectivity index (χ1n) is 6.55. The van der Waals surface area contributed by atoms with Crippen molar-refractivity contribution in [2.75, 3.05) is 19.6 Å². The third-order valence-corrected chi connectivity index (χ3v) is 3.54. The molecule has 0 radical (unpaired) electrons. The van der Waals surface area contributed by atoms with Crippen LogP contribution in [0.2, 0.25) is 0 Å². The van der Waals surface area contributed by atoms with Crippen LogP contribution in [0.15, 0.2) is 0 Å². The molecular formula is C13H24N2O2. The van der Waals surface area contributed by atoms with Crippen LogP contribution in [0.1, 0.15) is 40.0 Å². The number of piperidine rings is 1. The molecular weight excluding hydrogens is 216 g/mol. The molecule has 0 aromatic heterocycles. The first-order valence-corrected chi connectivity index (χ1v) is 6.55. The summed E-state index contributed by atoms with van der Waals surface area (Å²) in [5.41, 5.74) is 0. The number of rotatable bonds is 5. The van der Waals surface area contributed by atoms with Gasteiger partial charge in [-0.1, -0.05) is 13.8 Å². The SMILES string of the molecule is CCC(C)C(=O)CN1CCC(NC(C)=O)CC1. The Hall–Kier alpha value is -0.900. The summed E-state index contributed by atoms with van der Waals surface area (Å²) in [7, 11) is 0. The van der Waals surface area contributed by atoms with Gasteiger partial charge >= 0.3 is 0 Å². The molecule has 4 nitrogen and oxygen atoms in total. The number of hydrogen-bond donors (Lipinski definition) is 1. The van der Waals surface area contributed by atoms with Gasteiger partial charge in [-0.15, -0.1) is 0 Å². The van der Waals surface area contributed by atoms with Crippen LogP contribution >= 0.6 is 0 Å². The van der Waals surface area contributed by atoms with Crippen molar-refractivity contribution in [2.24, 2.45) is 5.92 Å². The second-order valence-electron chi connectivity index (χ2n) is 5.03. The van der Waals surface area contributed by atoms with E-state index in [1.54, 1.807) is 6.92 Å². The van der Waals surface area contributed by atoms with Crippen molar-refractivity contribution in [2.45, 2.75) is 46.1 Å². The van der Waals surface area contributed by atoms with Gasteiger partial charge < -0.3 is 5.32 Å². The van der Waals surface area contributed by atoms with E-state index in [4.69, 9.17) is 0 Å². The van der Waals surface area contributed by atoms with E-state index >= 15 is 0 Å². The third kappa shape index (κ3) is 4.86. The lowest BCUT2D eigenvalue weighted by Gasteiger charge is -2.32. The molecule has 1 atom stereocenters. The topological polar surface area (TPSA) is 49.4 Å². The van der Waals surface area contributed by atoms with Crippen molar-refractivity contribution < 1.29 is 9.59 Å². The van der Waals surface area contributed by atoms with E-state index in [2.05, 4.69) is 10.2 Å². The molecule has 0 aromatic rings. The van der Waals surface area contributed by atoms with Gasteiger partial charge in [-0.2, -0.15) is 0 Å². The first-order chi connectivity index (χ1) is 8.02. The Balaban J connectivity index is 2.27. The number of likely N-dealkylation sites (tertiary alicyclic amines) is 1. The molecule has 17 heavy (non-hydrogen) atoms. The molecule has 98 valence electrons. The maximum absolute atomic E-state index is 11.8. The van der Waals surface area contributed by atoms with Gasteiger partial charge in [0, 0.05) is 32.0 Å². The second-order valence-corrected chi connectivity index (χ2v) is 5.03. The van der Waals surface area contributed by atoms with Crippen molar-refractivity contribution in [3.05, 3.63) is 0 Å². The summed E-state index contributed by atoms with van der Waals surface area (Å²) in [5.74, 6) is 0.549. The lowest BCUT2D eigenvalue weighted by Crippen LogP contribution is -2.45. The number of amides is 1. The highest BCUT2D eigenvalue weighted by Gasteiger charge is 2.22. The van der Waals surface area contributed by atoms with Gasteiger partial charge in [-0.25, -0.2) is 0 Å². The van der Waals surface area contributed by atoms with Crippen molar-refractivity contribution >= 4 is 11.7 Å². The molecule has 4 heteroatoms. The summed E-state index contributed by atoms with van der Waals surface area (Å²) >= 11 is 0. The predicted octanol–water partition coefficient (Wildman–Crippen LogP) is 1.20. The molecule has 1 unspecified atom stereocenters. The van der Waals surface area contributed by atoms with Crippen LogP contribution in [0, 0.1) is 5.92 Å². The van der Waals surface area contributed by atoms with E-state index in [9.17, 15) is 9.59 Å². The zero-order valence-corrected chi connectivity index (χ0v) is 11.2. The molecule has 0 aromatic carbocycles. The molecule has 1 aliphatic heterocycles. The molecule has 0 aliphatic carbocycles. The number of ketones is 1. The Morgan fingerprint density at radius 3 is 2.41 bits per heavy atom. The Labute approximate surface area is 104 Å². The van der Waals surface area contributed by atoms with Crippen LogP contribution in [0.3, 0.4) is 0 Å². The summed E-state index contributed by atoms with van der Waals surface area (Å²) in [4.78, 5) is 24.9. The quantitative estimate of drug-likeness (QED) is 0.785. The Bertz CT molecular complexity index is 271. The highest BCUT2D eigenvalue weighted by Crippen LogP contribution is 2.12. The molecule has 1 heterocycles. The van der Waals surface area contributed by atoms with Crippen LogP contribution in [0.5, 0.6) is 0 Å². The van der Waals surface area contributed by atoms with E-state index in [1.165, 1.54) is 0 Å². The average Bonchev–Trinajstić information content (AvgIpc) is 2.30. The highest BCUT2D eigenvalue weighted by atomic mass is 16.1. The number of Topliss-reactive ketones (excluding diaryl/α,β-unsaturated/α-hetero) is 1. The standard InChI is InChI=1S/C13H24N2O2/c1-4-10(2)13(17)9-15-7-5-12(6-8-15)14-11(3)16/h10,12H,4-9H2,1-3H3,(H,14,16). The van der Waals surface area contributed by atoms with Crippen molar-refractivity contribution in [3.63, 3.8) is 0 Å². The average molecular weight is 240 g/mol. The lowest BCUT2D eigenvalue weighted by atomic mass is 10.0. The van der Waals surface area contributed by atoms with Gasteiger partial charge in [-0.05, 0) is 19.3 Å². The molecule has 0 saturated carbocycles. The molecule has 1 saturated heterocycles. The molecule has 1 fully saturated rings. The van der Waals surface area contributed by atoms with Gasteiger partial charge in [0.15, 0.2) is 0 Å². The summed E-state index contributed by atoms with van der Waals surface area (Å²) in [6.45, 7) is 7.98. The van der Waals surface area contributed by atoms with Gasteiger partial charge in [0.25, 0.3) is 0 Å². The van der Waals surface area contributed by atoms with Crippen LogP contribution in [0.4, 0.5) is 0 Å². The molecule has 1 aliphatic rings. The fourth-order valence-electron chi connectivity index (χ4n) is 2.13. The Kier molecular flexibility index (Phi) is 5.62. The third-order valence-electron chi connectivity index (χ3n) is 3.54. The summed E-state index contributed by atoms with van der Waals surface area (Å²) in [6.07, 6.45) is 2.82. The van der Waals surface area contributed by atoms with Gasteiger partial charge in [0.05, 0.1) is 6.54 Å². The fraction of sp³-hybridized carbons (Fsp3) is 0.846. The number of carbonyl (C=O) groups is 2. The van der Waals surface area contributed by atoms with E-state index in [-0.39, 0.29) is 11.8 Å². The molecule has 1 rings (SSSR count). The van der Waals surface area contributed by atoms with Crippen LogP contribution < -0.4 is 5.32 Å². The van der Waals surface area contributed by atoms with Gasteiger partial charge in [-0.3, -0.25) is 14.5 Å². The smallest absolute Gasteiger partial charge is 0.217 e. The maximum Gasteiger partial charge on any atom is 0.217 e. The van der Waals surface area contributed by atoms with E-state index in [0.29, 0.717) is 18.4 Å². The molecule has 1 N–H and O–H groups in total. The molecule has 0 spiro atoms. The summed E-state index contributed by atoms with van der Waals surface area (Å²) in [5, 5.41) is 2.94. The fourth-order valence-corrected chi connectivity index (χ4v) is 2.13. The lowest BCUT2D eigenvalue weighted by molar-refractivity contribution is -0.124. The molecule has 1 amide bonds. The maximum atomic E-state index is 11.8. The zero-order valence-electron chi connectivity index (χ0n) is 11.2. The minimum atomic E-state index is 0.0409. The summed E-state index contributed by atoms with van der Waals surface area (Å²) in [6, 6.07) is 0.294. The highest BCUT2D eigenvalue weighted by molar-refractivity contribution is 5.82. The number of carbonyl (C=O) groups excluding carboxylic acids is 2. The van der Waals surface area contributed by atoms with Gasteiger partial charge in [0.1, 0.15) is 5.78 Å². The van der Waals surface area contributed by atoms with E-state index < -0.39 is 0 Å². The predicted molar refractivity (Wildman–Crippen MR) is 67.7 cm³/mol. The van der Waals surface area contributed by atoms with Crippen LogP contribution in [-0.4, -0.2) is 42.3 Å². The first kappa shape index (κ1) is 14.2. The van der Waals surface area contributed by atoms with Crippen LogP contribution in [0.25, 0.3) is 0 Å². The van der Waals surface area contributed by atoms with E-state index in [1.807, 2.05) is 13.8 Å². The van der Waals surface area contributed by atoms with Crippen LogP contribution in [-0.2, 0) is 9.59 Å². The minimum absolute atomic E-state index is 0.0409. The Morgan fingerprint density at radius 1 is 1.35 bits per heavy atom. The molecule has 0 bridgehead atoms. The number of hydrogen-bond acceptors (Lipinski definition) is 3. The van der Waals surface area contributed by atoms with Gasteiger partial charge in [0.2, 0.25) is 5.91 Å². The largest absolute Gasteiger partial charge is 0.354 e. The minimum Gasteiger partial charge on any atom is -0.354 e. The number of nitrogens with one attached hydrogen (secondary N) is 1. The van der Waals surface area contributed by atoms with Crippen molar-refractivity contribution in [1.29, 1.82) is 0 Å². The van der Waals surface area contributed by atoms with Crippen molar-refractivity contribution in [1.82, 2.24) is 10.2 Å². The normalized spacial score (nSPS) is 19.9.